The summed E-state index contributed by atoms with van der Waals surface area (Å²) in [6.45, 7) is 0.111. The van der Waals surface area contributed by atoms with Gasteiger partial charge in [0.1, 0.15) is 10.6 Å². The second-order valence-corrected chi connectivity index (χ2v) is 8.19. The molecule has 1 aliphatic rings. The van der Waals surface area contributed by atoms with Gasteiger partial charge in [-0.1, -0.05) is 12.1 Å². The molecule has 0 spiro atoms. The maximum absolute atomic E-state index is 12.7. The minimum atomic E-state index is -3.78. The van der Waals surface area contributed by atoms with E-state index in [0.717, 1.165) is 12.8 Å². The van der Waals surface area contributed by atoms with Crippen LogP contribution in [0.4, 0.5) is 0 Å². The summed E-state index contributed by atoms with van der Waals surface area (Å²) in [6, 6.07) is 9.95. The molecule has 1 fully saturated rings. The van der Waals surface area contributed by atoms with E-state index >= 15 is 0 Å². The normalized spacial score (nSPS) is 14.3. The van der Waals surface area contributed by atoms with Crippen LogP contribution in [-0.4, -0.2) is 36.4 Å². The van der Waals surface area contributed by atoms with Gasteiger partial charge in [-0.3, -0.25) is 4.57 Å². The molecule has 4 rings (SSSR count). The molecule has 28 heavy (non-hydrogen) atoms. The smallest absolute Gasteiger partial charge is 0.346 e. The highest BCUT2D eigenvalue weighted by molar-refractivity contribution is 7.89. The second kappa shape index (κ2) is 7.28. The number of nitrogens with zero attached hydrogens (tertiary/aromatic N) is 3. The number of ether oxygens (including phenoxy) is 1. The summed E-state index contributed by atoms with van der Waals surface area (Å²) in [5, 5.41) is 4.35. The number of para-hydroxylation sites is 1. The third-order valence-electron chi connectivity index (χ3n) is 4.50. The van der Waals surface area contributed by atoms with E-state index in [4.69, 9.17) is 9.15 Å². The molecule has 0 atom stereocenters. The summed E-state index contributed by atoms with van der Waals surface area (Å²) in [7, 11) is -2.37. The zero-order valence-electron chi connectivity index (χ0n) is 15.2. The Bertz CT molecular complexity index is 1130. The molecule has 9 nitrogen and oxygen atoms in total. The standard InChI is InChI=1S/C18H20N4O5S/c1-26-14-5-2-3-7-16(14)28(24,25)19-10-11-21-18(23)22(13-8-9-13)17(20-21)15-6-4-12-27-15/h2-7,12-13,19H,8-11H2,1H3. The van der Waals surface area contributed by atoms with E-state index in [0.29, 0.717) is 11.6 Å². The molecular weight excluding hydrogens is 384 g/mol. The number of aromatic nitrogens is 3. The first-order valence-corrected chi connectivity index (χ1v) is 10.4. The van der Waals surface area contributed by atoms with Gasteiger partial charge in [0, 0.05) is 12.6 Å². The Morgan fingerprint density at radius 3 is 2.71 bits per heavy atom. The topological polar surface area (TPSA) is 108 Å². The number of hydrogen-bond donors (Lipinski definition) is 1. The first kappa shape index (κ1) is 18.5. The van der Waals surface area contributed by atoms with Crippen LogP contribution >= 0.6 is 0 Å². The molecule has 0 amide bonds. The predicted molar refractivity (Wildman–Crippen MR) is 101 cm³/mol. The van der Waals surface area contributed by atoms with Crippen LogP contribution in [0.25, 0.3) is 11.6 Å². The Balaban J connectivity index is 1.53. The van der Waals surface area contributed by atoms with Crippen molar-refractivity contribution in [1.82, 2.24) is 19.1 Å². The lowest BCUT2D eigenvalue weighted by Crippen LogP contribution is -2.32. The lowest BCUT2D eigenvalue weighted by atomic mass is 10.3. The molecule has 2 heterocycles. The lowest BCUT2D eigenvalue weighted by Gasteiger charge is -2.10. The number of nitrogens with one attached hydrogen (secondary N) is 1. The average Bonchev–Trinajstić information content (AvgIpc) is 3.26. The highest BCUT2D eigenvalue weighted by Crippen LogP contribution is 2.36. The summed E-state index contributed by atoms with van der Waals surface area (Å²) in [6.07, 6.45) is 3.36. The van der Waals surface area contributed by atoms with E-state index in [1.807, 2.05) is 0 Å². The van der Waals surface area contributed by atoms with Crippen molar-refractivity contribution in [2.75, 3.05) is 13.7 Å². The van der Waals surface area contributed by atoms with E-state index < -0.39 is 10.0 Å². The van der Waals surface area contributed by atoms with Crippen molar-refractivity contribution < 1.29 is 17.6 Å². The molecule has 1 aromatic carbocycles. The number of methoxy groups -OCH3 is 1. The van der Waals surface area contributed by atoms with E-state index in [1.165, 1.54) is 24.1 Å². The van der Waals surface area contributed by atoms with E-state index in [9.17, 15) is 13.2 Å². The lowest BCUT2D eigenvalue weighted by molar-refractivity contribution is 0.402. The third-order valence-corrected chi connectivity index (χ3v) is 6.00. The van der Waals surface area contributed by atoms with Crippen molar-refractivity contribution >= 4 is 10.0 Å². The van der Waals surface area contributed by atoms with E-state index in [-0.39, 0.29) is 35.5 Å². The first-order valence-electron chi connectivity index (χ1n) is 8.87. The SMILES string of the molecule is COc1ccccc1S(=O)(=O)NCCn1nc(-c2ccco2)n(C2CC2)c1=O. The maximum Gasteiger partial charge on any atom is 0.346 e. The molecule has 0 saturated heterocycles. The summed E-state index contributed by atoms with van der Waals surface area (Å²) in [5.74, 6) is 1.23. The molecule has 0 radical (unpaired) electrons. The summed E-state index contributed by atoms with van der Waals surface area (Å²) < 4.78 is 41.0. The second-order valence-electron chi connectivity index (χ2n) is 6.46. The molecule has 1 saturated carbocycles. The highest BCUT2D eigenvalue weighted by atomic mass is 32.2. The van der Waals surface area contributed by atoms with Crippen LogP contribution in [0.3, 0.4) is 0 Å². The zero-order valence-corrected chi connectivity index (χ0v) is 16.1. The largest absolute Gasteiger partial charge is 0.495 e. The Labute approximate surface area is 161 Å². The average molecular weight is 404 g/mol. The van der Waals surface area contributed by atoms with Gasteiger partial charge in [-0.2, -0.15) is 0 Å². The Kier molecular flexibility index (Phi) is 4.82. The number of furan rings is 1. The van der Waals surface area contributed by atoms with Crippen LogP contribution < -0.4 is 15.1 Å². The van der Waals surface area contributed by atoms with Crippen molar-refractivity contribution in [1.29, 1.82) is 0 Å². The fraction of sp³-hybridized carbons (Fsp3) is 0.333. The van der Waals surface area contributed by atoms with Crippen LogP contribution in [0.5, 0.6) is 5.75 Å². The molecule has 10 heteroatoms. The number of hydrogen-bond acceptors (Lipinski definition) is 6. The number of benzene rings is 1. The van der Waals surface area contributed by atoms with Crippen molar-refractivity contribution in [3.8, 4) is 17.3 Å². The summed E-state index contributed by atoms with van der Waals surface area (Å²) in [4.78, 5) is 12.8. The molecular formula is C18H20N4O5S. The van der Waals surface area contributed by atoms with Crippen molar-refractivity contribution in [2.45, 2.75) is 30.3 Å². The third kappa shape index (κ3) is 3.48. The molecule has 148 valence electrons. The summed E-state index contributed by atoms with van der Waals surface area (Å²) in [5.41, 5.74) is -0.273. The molecule has 0 unspecified atom stereocenters. The van der Waals surface area contributed by atoms with Gasteiger partial charge in [0.25, 0.3) is 0 Å². The summed E-state index contributed by atoms with van der Waals surface area (Å²) >= 11 is 0. The Hall–Kier alpha value is -2.85. The molecule has 2 aromatic heterocycles. The van der Waals surface area contributed by atoms with Crippen LogP contribution in [0.2, 0.25) is 0 Å². The Morgan fingerprint density at radius 1 is 1.25 bits per heavy atom. The predicted octanol–water partition coefficient (Wildman–Crippen LogP) is 1.63. The van der Waals surface area contributed by atoms with Crippen LogP contribution in [-0.2, 0) is 16.6 Å². The van der Waals surface area contributed by atoms with Crippen LogP contribution in [0.1, 0.15) is 18.9 Å². The van der Waals surface area contributed by atoms with Crippen molar-refractivity contribution in [3.05, 3.63) is 53.1 Å². The molecule has 1 N–H and O–H groups in total. The van der Waals surface area contributed by atoms with Crippen LogP contribution in [0.15, 0.2) is 56.8 Å². The van der Waals surface area contributed by atoms with Crippen LogP contribution in [0, 0.1) is 0 Å². The zero-order chi connectivity index (χ0) is 19.7. The van der Waals surface area contributed by atoms with Crippen molar-refractivity contribution in [3.63, 3.8) is 0 Å². The quantitative estimate of drug-likeness (QED) is 0.611. The Morgan fingerprint density at radius 2 is 2.04 bits per heavy atom. The van der Waals surface area contributed by atoms with Gasteiger partial charge >= 0.3 is 5.69 Å². The monoisotopic (exact) mass is 404 g/mol. The van der Waals surface area contributed by atoms with Gasteiger partial charge in [0.15, 0.2) is 5.76 Å². The van der Waals surface area contributed by atoms with Gasteiger partial charge < -0.3 is 9.15 Å². The molecule has 1 aliphatic carbocycles. The molecule has 0 bridgehead atoms. The van der Waals surface area contributed by atoms with Gasteiger partial charge in [-0.15, -0.1) is 5.10 Å². The number of rotatable bonds is 8. The minimum absolute atomic E-state index is 0.0135. The maximum atomic E-state index is 12.7. The van der Waals surface area contributed by atoms with Gasteiger partial charge in [0.05, 0.1) is 19.9 Å². The fourth-order valence-electron chi connectivity index (χ4n) is 3.01. The van der Waals surface area contributed by atoms with E-state index in [2.05, 4.69) is 9.82 Å². The minimum Gasteiger partial charge on any atom is -0.495 e. The van der Waals surface area contributed by atoms with Gasteiger partial charge in [-0.25, -0.2) is 22.6 Å². The molecule has 3 aromatic rings. The fourth-order valence-corrected chi connectivity index (χ4v) is 4.20. The van der Waals surface area contributed by atoms with Crippen molar-refractivity contribution in [2.24, 2.45) is 0 Å². The first-order chi connectivity index (χ1) is 13.5. The molecule has 0 aliphatic heterocycles. The van der Waals surface area contributed by atoms with Gasteiger partial charge in [0.2, 0.25) is 15.8 Å². The number of sulfonamides is 1. The van der Waals surface area contributed by atoms with Gasteiger partial charge in [-0.05, 0) is 37.1 Å². The van der Waals surface area contributed by atoms with E-state index in [1.54, 1.807) is 34.9 Å². The highest BCUT2D eigenvalue weighted by Gasteiger charge is 2.31.